The molecule has 3 nitrogen and oxygen atoms in total. The van der Waals surface area contributed by atoms with Gasteiger partial charge in [-0.2, -0.15) is 0 Å². The Bertz CT molecular complexity index is 811. The van der Waals surface area contributed by atoms with Gasteiger partial charge in [0.05, 0.1) is 11.3 Å². The summed E-state index contributed by atoms with van der Waals surface area (Å²) in [5.41, 5.74) is 1.60. The third kappa shape index (κ3) is 2.63. The molecule has 2 aromatic carbocycles. The van der Waals surface area contributed by atoms with Crippen molar-refractivity contribution in [2.24, 2.45) is 0 Å². The van der Waals surface area contributed by atoms with Gasteiger partial charge >= 0.3 is 0 Å². The maximum atomic E-state index is 12.7. The van der Waals surface area contributed by atoms with Crippen LogP contribution in [0.2, 0.25) is 0 Å². The second kappa shape index (κ2) is 5.81. The first-order valence-corrected chi connectivity index (χ1v) is 7.61. The molecule has 1 heterocycles. The van der Waals surface area contributed by atoms with E-state index in [2.05, 4.69) is 27.6 Å². The number of anilines is 1. The number of benzene rings is 2. The second-order valence-corrected chi connectivity index (χ2v) is 5.88. The maximum Gasteiger partial charge on any atom is 0.259 e. The Kier molecular flexibility index (Phi) is 3.88. The van der Waals surface area contributed by atoms with Gasteiger partial charge in [-0.3, -0.25) is 9.78 Å². The third-order valence-corrected chi connectivity index (χ3v) is 4.37. The summed E-state index contributed by atoms with van der Waals surface area (Å²) in [6, 6.07) is 15.4. The van der Waals surface area contributed by atoms with Crippen LogP contribution in [0.1, 0.15) is 10.4 Å². The molecule has 21 heavy (non-hydrogen) atoms. The van der Waals surface area contributed by atoms with E-state index in [9.17, 15) is 4.79 Å². The number of hydrogen-bond acceptors (Lipinski definition) is 2. The van der Waals surface area contributed by atoms with E-state index in [0.717, 1.165) is 20.0 Å². The standard InChI is InChI=1S/C17H13IN2O/c1-20(17(21)14-6-2-3-7-15(14)18)16-8-4-5-12-11-19-10-9-13(12)16/h2-11H,1H3. The molecule has 3 rings (SSSR count). The van der Waals surface area contributed by atoms with Crippen molar-refractivity contribution < 1.29 is 4.79 Å². The molecule has 0 unspecified atom stereocenters. The third-order valence-electron chi connectivity index (χ3n) is 3.43. The van der Waals surface area contributed by atoms with Gasteiger partial charge in [-0.15, -0.1) is 0 Å². The lowest BCUT2D eigenvalue weighted by Gasteiger charge is -2.20. The smallest absolute Gasteiger partial charge is 0.259 e. The van der Waals surface area contributed by atoms with Crippen molar-refractivity contribution in [1.29, 1.82) is 0 Å². The van der Waals surface area contributed by atoms with Gasteiger partial charge < -0.3 is 4.90 Å². The minimum Gasteiger partial charge on any atom is -0.311 e. The minimum atomic E-state index is -0.00990. The first-order chi connectivity index (χ1) is 10.2. The summed E-state index contributed by atoms with van der Waals surface area (Å²) in [5.74, 6) is -0.00990. The Labute approximate surface area is 136 Å². The molecule has 0 N–H and O–H groups in total. The summed E-state index contributed by atoms with van der Waals surface area (Å²) in [7, 11) is 1.81. The molecule has 0 saturated heterocycles. The topological polar surface area (TPSA) is 33.2 Å². The maximum absolute atomic E-state index is 12.7. The Morgan fingerprint density at radius 1 is 1.10 bits per heavy atom. The zero-order chi connectivity index (χ0) is 14.8. The molecule has 1 amide bonds. The Balaban J connectivity index is 2.07. The molecule has 0 radical (unpaired) electrons. The Morgan fingerprint density at radius 3 is 2.71 bits per heavy atom. The number of fused-ring (bicyclic) bond motifs is 1. The lowest BCUT2D eigenvalue weighted by molar-refractivity contribution is 0.0992. The fourth-order valence-electron chi connectivity index (χ4n) is 2.32. The average Bonchev–Trinajstić information content (AvgIpc) is 2.53. The van der Waals surface area contributed by atoms with Crippen LogP contribution in [0.15, 0.2) is 60.9 Å². The molecule has 0 aliphatic heterocycles. The second-order valence-electron chi connectivity index (χ2n) is 4.72. The van der Waals surface area contributed by atoms with Crippen LogP contribution >= 0.6 is 22.6 Å². The molecule has 0 bridgehead atoms. The summed E-state index contributed by atoms with van der Waals surface area (Å²) in [6.07, 6.45) is 3.56. The summed E-state index contributed by atoms with van der Waals surface area (Å²) in [6.45, 7) is 0. The van der Waals surface area contributed by atoms with Crippen molar-refractivity contribution in [1.82, 2.24) is 4.98 Å². The van der Waals surface area contributed by atoms with E-state index in [4.69, 9.17) is 0 Å². The number of hydrogen-bond donors (Lipinski definition) is 0. The molecule has 3 aromatic rings. The zero-order valence-electron chi connectivity index (χ0n) is 11.5. The Hall–Kier alpha value is -1.95. The van der Waals surface area contributed by atoms with E-state index in [0.29, 0.717) is 5.56 Å². The number of rotatable bonds is 2. The summed E-state index contributed by atoms with van der Waals surface area (Å²) < 4.78 is 0.953. The van der Waals surface area contributed by atoms with Crippen molar-refractivity contribution in [3.63, 3.8) is 0 Å². The molecule has 0 atom stereocenters. The number of aromatic nitrogens is 1. The summed E-state index contributed by atoms with van der Waals surface area (Å²) >= 11 is 2.19. The van der Waals surface area contributed by atoms with Gasteiger partial charge in [0.25, 0.3) is 5.91 Å². The molecule has 0 aliphatic rings. The lowest BCUT2D eigenvalue weighted by Crippen LogP contribution is -2.27. The van der Waals surface area contributed by atoms with Gasteiger partial charge in [0.2, 0.25) is 0 Å². The number of nitrogens with zero attached hydrogens (tertiary/aromatic N) is 2. The average molecular weight is 388 g/mol. The van der Waals surface area contributed by atoms with Gasteiger partial charge in [-0.25, -0.2) is 0 Å². The molecule has 0 spiro atoms. The highest BCUT2D eigenvalue weighted by Crippen LogP contribution is 2.27. The quantitative estimate of drug-likeness (QED) is 0.619. The van der Waals surface area contributed by atoms with Crippen LogP contribution in [-0.2, 0) is 0 Å². The van der Waals surface area contributed by atoms with E-state index in [1.165, 1.54) is 0 Å². The lowest BCUT2D eigenvalue weighted by atomic mass is 10.1. The monoisotopic (exact) mass is 388 g/mol. The Morgan fingerprint density at radius 2 is 1.90 bits per heavy atom. The van der Waals surface area contributed by atoms with Crippen LogP contribution in [0.5, 0.6) is 0 Å². The van der Waals surface area contributed by atoms with Crippen molar-refractivity contribution in [2.75, 3.05) is 11.9 Å². The molecule has 1 aromatic heterocycles. The van der Waals surface area contributed by atoms with Crippen molar-refractivity contribution >= 4 is 45.0 Å². The summed E-state index contributed by atoms with van der Waals surface area (Å²) in [5, 5.41) is 2.05. The van der Waals surface area contributed by atoms with Gasteiger partial charge in [0.15, 0.2) is 0 Å². The van der Waals surface area contributed by atoms with E-state index < -0.39 is 0 Å². The first-order valence-electron chi connectivity index (χ1n) is 6.54. The first kappa shape index (κ1) is 14.0. The van der Waals surface area contributed by atoms with Crippen molar-refractivity contribution in [3.05, 3.63) is 70.1 Å². The van der Waals surface area contributed by atoms with E-state index >= 15 is 0 Å². The molecule has 0 saturated carbocycles. The van der Waals surface area contributed by atoms with E-state index in [1.807, 2.05) is 54.7 Å². The zero-order valence-corrected chi connectivity index (χ0v) is 13.6. The van der Waals surface area contributed by atoms with E-state index in [1.54, 1.807) is 18.1 Å². The van der Waals surface area contributed by atoms with E-state index in [-0.39, 0.29) is 5.91 Å². The van der Waals surface area contributed by atoms with Gasteiger partial charge in [-0.05, 0) is 46.9 Å². The number of carbonyl (C=O) groups is 1. The molecular weight excluding hydrogens is 375 g/mol. The highest BCUT2D eigenvalue weighted by molar-refractivity contribution is 14.1. The molecular formula is C17H13IN2O. The van der Waals surface area contributed by atoms with Gasteiger partial charge in [-0.1, -0.05) is 24.3 Å². The SMILES string of the molecule is CN(C(=O)c1ccccc1I)c1cccc2cnccc12. The molecule has 4 heteroatoms. The number of carbonyl (C=O) groups excluding carboxylic acids is 1. The predicted octanol–water partition coefficient (Wildman–Crippen LogP) is 4.12. The highest BCUT2D eigenvalue weighted by atomic mass is 127. The van der Waals surface area contributed by atoms with Crippen LogP contribution in [0.4, 0.5) is 5.69 Å². The fraction of sp³-hybridized carbons (Fsp3) is 0.0588. The molecule has 0 aliphatic carbocycles. The van der Waals surface area contributed by atoms with Crippen LogP contribution < -0.4 is 4.90 Å². The number of amides is 1. The predicted molar refractivity (Wildman–Crippen MR) is 93.6 cm³/mol. The largest absolute Gasteiger partial charge is 0.311 e. The van der Waals surface area contributed by atoms with Crippen LogP contribution in [0.25, 0.3) is 10.8 Å². The normalized spacial score (nSPS) is 10.6. The molecule has 104 valence electrons. The van der Waals surface area contributed by atoms with Gasteiger partial charge in [0.1, 0.15) is 0 Å². The van der Waals surface area contributed by atoms with Crippen LogP contribution in [-0.4, -0.2) is 17.9 Å². The van der Waals surface area contributed by atoms with Crippen molar-refractivity contribution in [2.45, 2.75) is 0 Å². The fourth-order valence-corrected chi connectivity index (χ4v) is 2.94. The van der Waals surface area contributed by atoms with Gasteiger partial charge in [0, 0.05) is 33.8 Å². The summed E-state index contributed by atoms with van der Waals surface area (Å²) in [4.78, 5) is 18.5. The van der Waals surface area contributed by atoms with Crippen LogP contribution in [0, 0.1) is 3.57 Å². The van der Waals surface area contributed by atoms with Crippen LogP contribution in [0.3, 0.4) is 0 Å². The molecule has 0 fully saturated rings. The minimum absolute atomic E-state index is 0.00990. The number of halogens is 1. The highest BCUT2D eigenvalue weighted by Gasteiger charge is 2.17. The van der Waals surface area contributed by atoms with Crippen molar-refractivity contribution in [3.8, 4) is 0 Å². The number of pyridine rings is 1.